The summed E-state index contributed by atoms with van der Waals surface area (Å²) in [5, 5.41) is 11.4. The topological polar surface area (TPSA) is 66.4 Å². The van der Waals surface area contributed by atoms with Gasteiger partial charge in [0, 0.05) is 5.92 Å². The molecule has 0 heterocycles. The summed E-state index contributed by atoms with van der Waals surface area (Å²) >= 11 is 0. The summed E-state index contributed by atoms with van der Waals surface area (Å²) in [5.74, 6) is -3.90. The first kappa shape index (κ1) is 17.8. The predicted molar refractivity (Wildman–Crippen MR) is 70.6 cm³/mol. The summed E-state index contributed by atoms with van der Waals surface area (Å²) < 4.78 is 38.1. The molecule has 0 aliphatic heterocycles. The number of alkyl halides is 3. The highest BCUT2D eigenvalue weighted by atomic mass is 19.4. The molecule has 0 radical (unpaired) electrons. The van der Waals surface area contributed by atoms with E-state index in [9.17, 15) is 22.8 Å². The van der Waals surface area contributed by atoms with Crippen molar-refractivity contribution in [2.75, 3.05) is 0 Å². The van der Waals surface area contributed by atoms with E-state index in [1.165, 1.54) is 0 Å². The Labute approximate surface area is 122 Å². The Morgan fingerprint density at radius 3 is 2.52 bits per heavy atom. The quantitative estimate of drug-likeness (QED) is 0.792. The molecule has 1 aliphatic carbocycles. The van der Waals surface area contributed by atoms with Gasteiger partial charge in [-0.2, -0.15) is 13.2 Å². The lowest BCUT2D eigenvalue weighted by Crippen LogP contribution is -2.45. The van der Waals surface area contributed by atoms with Crippen molar-refractivity contribution in [3.8, 4) is 0 Å². The van der Waals surface area contributed by atoms with Gasteiger partial charge in [0.15, 0.2) is 0 Å². The second-order valence-electron chi connectivity index (χ2n) is 5.64. The Bertz CT molecular complexity index is 371. The maximum Gasteiger partial charge on any atom is 0.391 e. The van der Waals surface area contributed by atoms with Gasteiger partial charge in [0.2, 0.25) is 5.91 Å². The Balaban J connectivity index is 2.59. The molecule has 21 heavy (non-hydrogen) atoms. The normalized spacial score (nSPS) is 24.4. The van der Waals surface area contributed by atoms with Crippen LogP contribution in [-0.4, -0.2) is 29.2 Å². The zero-order chi connectivity index (χ0) is 16.0. The van der Waals surface area contributed by atoms with Gasteiger partial charge in [0.25, 0.3) is 0 Å². The summed E-state index contributed by atoms with van der Waals surface area (Å²) in [5.41, 5.74) is 0. The number of carboxylic acids is 1. The lowest BCUT2D eigenvalue weighted by atomic mass is 9.80. The first-order chi connectivity index (χ1) is 9.75. The van der Waals surface area contributed by atoms with Crippen molar-refractivity contribution in [1.82, 2.24) is 5.32 Å². The van der Waals surface area contributed by atoms with Crippen LogP contribution in [-0.2, 0) is 9.59 Å². The average molecular weight is 309 g/mol. The van der Waals surface area contributed by atoms with Gasteiger partial charge in [-0.15, -0.1) is 0 Å². The molecule has 1 amide bonds. The molecule has 1 saturated carbocycles. The van der Waals surface area contributed by atoms with Crippen LogP contribution in [0.25, 0.3) is 0 Å². The SMILES string of the molecule is CCCCC(NC(=O)C1CCCC(C(F)(F)F)C1)C(=O)O. The van der Waals surface area contributed by atoms with E-state index in [-0.39, 0.29) is 12.8 Å². The van der Waals surface area contributed by atoms with E-state index < -0.39 is 35.9 Å². The number of carbonyl (C=O) groups is 2. The molecule has 0 spiro atoms. The van der Waals surface area contributed by atoms with Crippen molar-refractivity contribution in [1.29, 1.82) is 0 Å². The van der Waals surface area contributed by atoms with E-state index in [0.29, 0.717) is 25.7 Å². The van der Waals surface area contributed by atoms with Crippen molar-refractivity contribution >= 4 is 11.9 Å². The third kappa shape index (κ3) is 5.55. The van der Waals surface area contributed by atoms with E-state index >= 15 is 0 Å². The second kappa shape index (κ2) is 7.66. The molecule has 0 saturated heterocycles. The lowest BCUT2D eigenvalue weighted by Gasteiger charge is -2.30. The number of aliphatic carboxylic acids is 1. The molecule has 122 valence electrons. The number of halogens is 3. The molecule has 1 rings (SSSR count). The zero-order valence-electron chi connectivity index (χ0n) is 12.1. The molecule has 0 bridgehead atoms. The van der Waals surface area contributed by atoms with Crippen LogP contribution in [0, 0.1) is 11.8 Å². The summed E-state index contributed by atoms with van der Waals surface area (Å²) in [7, 11) is 0. The maximum atomic E-state index is 12.7. The second-order valence-corrected chi connectivity index (χ2v) is 5.64. The minimum atomic E-state index is -4.28. The van der Waals surface area contributed by atoms with Gasteiger partial charge in [-0.25, -0.2) is 4.79 Å². The van der Waals surface area contributed by atoms with Crippen LogP contribution in [0.5, 0.6) is 0 Å². The molecule has 1 aliphatic rings. The zero-order valence-corrected chi connectivity index (χ0v) is 12.1. The van der Waals surface area contributed by atoms with Gasteiger partial charge in [0.05, 0.1) is 5.92 Å². The first-order valence-electron chi connectivity index (χ1n) is 7.35. The largest absolute Gasteiger partial charge is 0.480 e. The summed E-state index contributed by atoms with van der Waals surface area (Å²) in [6.07, 6.45) is -2.01. The number of nitrogens with one attached hydrogen (secondary N) is 1. The van der Waals surface area contributed by atoms with Crippen molar-refractivity contribution in [3.05, 3.63) is 0 Å². The van der Waals surface area contributed by atoms with Crippen LogP contribution < -0.4 is 5.32 Å². The fourth-order valence-corrected chi connectivity index (χ4v) is 2.68. The van der Waals surface area contributed by atoms with Gasteiger partial charge in [-0.1, -0.05) is 26.2 Å². The van der Waals surface area contributed by atoms with Gasteiger partial charge in [-0.05, 0) is 25.7 Å². The third-order valence-corrected chi connectivity index (χ3v) is 3.97. The molecule has 0 aromatic rings. The van der Waals surface area contributed by atoms with Gasteiger partial charge in [0.1, 0.15) is 6.04 Å². The average Bonchev–Trinajstić information content (AvgIpc) is 2.42. The highest BCUT2D eigenvalue weighted by molar-refractivity contribution is 5.85. The number of hydrogen-bond donors (Lipinski definition) is 2. The van der Waals surface area contributed by atoms with Crippen molar-refractivity contribution in [3.63, 3.8) is 0 Å². The molecule has 3 atom stereocenters. The third-order valence-electron chi connectivity index (χ3n) is 3.97. The Kier molecular flexibility index (Phi) is 6.48. The number of rotatable bonds is 6. The van der Waals surface area contributed by atoms with Crippen molar-refractivity contribution in [2.24, 2.45) is 11.8 Å². The van der Waals surface area contributed by atoms with Crippen LogP contribution in [0.3, 0.4) is 0 Å². The molecule has 7 heteroatoms. The standard InChI is InChI=1S/C14H22F3NO3/c1-2-3-7-11(13(20)21)18-12(19)9-5-4-6-10(8-9)14(15,16)17/h9-11H,2-8H2,1H3,(H,18,19)(H,20,21). The summed E-state index contributed by atoms with van der Waals surface area (Å²) in [6, 6.07) is -1.01. The minimum absolute atomic E-state index is 0.0471. The molecule has 4 nitrogen and oxygen atoms in total. The van der Waals surface area contributed by atoms with E-state index in [1.54, 1.807) is 0 Å². The van der Waals surface area contributed by atoms with Crippen LogP contribution in [0.4, 0.5) is 13.2 Å². The van der Waals surface area contributed by atoms with Crippen molar-refractivity contribution in [2.45, 2.75) is 64.1 Å². The molecule has 0 aromatic carbocycles. The molecular formula is C14H22F3NO3. The van der Waals surface area contributed by atoms with Crippen LogP contribution in [0.2, 0.25) is 0 Å². The van der Waals surface area contributed by atoms with Gasteiger partial charge < -0.3 is 10.4 Å². The molecule has 2 N–H and O–H groups in total. The smallest absolute Gasteiger partial charge is 0.391 e. The monoisotopic (exact) mass is 309 g/mol. The fourth-order valence-electron chi connectivity index (χ4n) is 2.68. The van der Waals surface area contributed by atoms with Gasteiger partial charge in [-0.3, -0.25) is 4.79 Å². The maximum absolute atomic E-state index is 12.7. The molecule has 0 aromatic heterocycles. The van der Waals surface area contributed by atoms with Crippen LogP contribution in [0.1, 0.15) is 51.9 Å². The highest BCUT2D eigenvalue weighted by Crippen LogP contribution is 2.39. The van der Waals surface area contributed by atoms with Crippen LogP contribution >= 0.6 is 0 Å². The van der Waals surface area contributed by atoms with Crippen LogP contribution in [0.15, 0.2) is 0 Å². The Morgan fingerprint density at radius 1 is 1.33 bits per heavy atom. The van der Waals surface area contributed by atoms with E-state index in [0.717, 1.165) is 6.42 Å². The highest BCUT2D eigenvalue weighted by Gasteiger charge is 2.43. The number of carboxylic acid groups (broad SMARTS) is 1. The molecule has 3 unspecified atom stereocenters. The molecular weight excluding hydrogens is 287 g/mol. The number of amides is 1. The first-order valence-corrected chi connectivity index (χ1v) is 7.35. The predicted octanol–water partition coefficient (Wildman–Crippen LogP) is 3.11. The molecule has 1 fully saturated rings. The number of carbonyl (C=O) groups excluding carboxylic acids is 1. The lowest BCUT2D eigenvalue weighted by molar-refractivity contribution is -0.186. The van der Waals surface area contributed by atoms with E-state index in [4.69, 9.17) is 5.11 Å². The fraction of sp³-hybridized carbons (Fsp3) is 0.857. The van der Waals surface area contributed by atoms with Crippen molar-refractivity contribution < 1.29 is 27.9 Å². The van der Waals surface area contributed by atoms with E-state index in [2.05, 4.69) is 5.32 Å². The summed E-state index contributed by atoms with van der Waals surface area (Å²) in [4.78, 5) is 23.1. The van der Waals surface area contributed by atoms with E-state index in [1.807, 2.05) is 6.92 Å². The Hall–Kier alpha value is -1.27. The van der Waals surface area contributed by atoms with Gasteiger partial charge >= 0.3 is 12.1 Å². The summed E-state index contributed by atoms with van der Waals surface area (Å²) in [6.45, 7) is 1.90. The number of unbranched alkanes of at least 4 members (excludes halogenated alkanes) is 1. The number of hydrogen-bond acceptors (Lipinski definition) is 2. The minimum Gasteiger partial charge on any atom is -0.480 e. The Morgan fingerprint density at radius 2 is 2.00 bits per heavy atom.